The van der Waals surface area contributed by atoms with Gasteiger partial charge in [0.2, 0.25) is 5.91 Å². The topological polar surface area (TPSA) is 61.8 Å². The molecule has 0 radical (unpaired) electrons. The zero-order chi connectivity index (χ0) is 13.7. The number of nitrogens with one attached hydrogen (secondary N) is 1. The molecule has 1 atom stereocenters. The Labute approximate surface area is 115 Å². The maximum Gasteiger partial charge on any atom is 0.223 e. The SMILES string of the molecule is CC(O)(CNC(=O)C1CCCC1)CN1CCOCC1. The highest BCUT2D eigenvalue weighted by Gasteiger charge is 2.28. The van der Waals surface area contributed by atoms with Crippen LogP contribution in [0.3, 0.4) is 0 Å². The van der Waals surface area contributed by atoms with Gasteiger partial charge >= 0.3 is 0 Å². The Kier molecular flexibility index (Phi) is 5.19. The summed E-state index contributed by atoms with van der Waals surface area (Å²) in [5.41, 5.74) is -0.869. The maximum absolute atomic E-state index is 11.9. The van der Waals surface area contributed by atoms with Gasteiger partial charge in [-0.15, -0.1) is 0 Å². The standard InChI is InChI=1S/C14H26N2O3/c1-14(18,11-16-6-8-19-9-7-16)10-15-13(17)12-4-2-3-5-12/h12,18H,2-11H2,1H3,(H,15,17). The number of aliphatic hydroxyl groups is 1. The van der Waals surface area contributed by atoms with Crippen LogP contribution in [0.1, 0.15) is 32.6 Å². The minimum Gasteiger partial charge on any atom is -0.387 e. The average molecular weight is 270 g/mol. The zero-order valence-electron chi connectivity index (χ0n) is 11.9. The molecule has 1 heterocycles. The molecule has 2 rings (SSSR count). The molecule has 2 aliphatic rings. The van der Waals surface area contributed by atoms with E-state index in [1.165, 1.54) is 0 Å². The van der Waals surface area contributed by atoms with E-state index in [-0.39, 0.29) is 11.8 Å². The highest BCUT2D eigenvalue weighted by atomic mass is 16.5. The second-order valence-electron chi connectivity index (χ2n) is 6.08. The molecular formula is C14H26N2O3. The number of rotatable bonds is 5. The maximum atomic E-state index is 11.9. The van der Waals surface area contributed by atoms with Crippen LogP contribution in [0.4, 0.5) is 0 Å². The smallest absolute Gasteiger partial charge is 0.223 e. The number of β-amino-alcohol motifs (C(OH)–C–C–N with tert-alkyl or cyclic N) is 1. The summed E-state index contributed by atoms with van der Waals surface area (Å²) in [6, 6.07) is 0. The van der Waals surface area contributed by atoms with Crippen LogP contribution >= 0.6 is 0 Å². The summed E-state index contributed by atoms with van der Waals surface area (Å²) in [6.07, 6.45) is 4.30. The van der Waals surface area contributed by atoms with E-state index < -0.39 is 5.60 Å². The van der Waals surface area contributed by atoms with Gasteiger partial charge in [-0.2, -0.15) is 0 Å². The second kappa shape index (κ2) is 6.68. The lowest BCUT2D eigenvalue weighted by Gasteiger charge is -2.34. The summed E-state index contributed by atoms with van der Waals surface area (Å²) in [7, 11) is 0. The molecule has 0 aromatic rings. The number of hydrogen-bond acceptors (Lipinski definition) is 4. The van der Waals surface area contributed by atoms with Gasteiger partial charge in [-0.05, 0) is 19.8 Å². The van der Waals surface area contributed by atoms with Gasteiger partial charge in [-0.1, -0.05) is 12.8 Å². The van der Waals surface area contributed by atoms with Crippen molar-refractivity contribution in [2.45, 2.75) is 38.2 Å². The number of nitrogens with zero attached hydrogens (tertiary/aromatic N) is 1. The monoisotopic (exact) mass is 270 g/mol. The van der Waals surface area contributed by atoms with Crippen molar-refractivity contribution < 1.29 is 14.6 Å². The zero-order valence-corrected chi connectivity index (χ0v) is 11.9. The second-order valence-corrected chi connectivity index (χ2v) is 6.08. The van der Waals surface area contributed by atoms with Gasteiger partial charge in [0.1, 0.15) is 0 Å². The average Bonchev–Trinajstić information content (AvgIpc) is 2.91. The molecule has 0 spiro atoms. The molecule has 1 saturated carbocycles. The van der Waals surface area contributed by atoms with Crippen LogP contribution in [0.2, 0.25) is 0 Å². The van der Waals surface area contributed by atoms with Gasteiger partial charge in [0, 0.05) is 32.1 Å². The first-order chi connectivity index (χ1) is 9.07. The summed E-state index contributed by atoms with van der Waals surface area (Å²) in [5, 5.41) is 13.3. The van der Waals surface area contributed by atoms with E-state index in [0.717, 1.165) is 52.0 Å². The normalized spacial score (nSPS) is 25.2. The lowest BCUT2D eigenvalue weighted by Crippen LogP contribution is -2.51. The molecule has 1 saturated heterocycles. The summed E-state index contributed by atoms with van der Waals surface area (Å²) >= 11 is 0. The first kappa shape index (κ1) is 14.8. The highest BCUT2D eigenvalue weighted by Crippen LogP contribution is 2.24. The largest absolute Gasteiger partial charge is 0.387 e. The molecule has 5 nitrogen and oxygen atoms in total. The number of carbonyl (C=O) groups is 1. The Morgan fingerprint density at radius 2 is 2.00 bits per heavy atom. The van der Waals surface area contributed by atoms with E-state index in [0.29, 0.717) is 13.1 Å². The van der Waals surface area contributed by atoms with Crippen molar-refractivity contribution in [3.05, 3.63) is 0 Å². The summed E-state index contributed by atoms with van der Waals surface area (Å²) in [4.78, 5) is 14.1. The van der Waals surface area contributed by atoms with Gasteiger partial charge < -0.3 is 15.2 Å². The van der Waals surface area contributed by atoms with Crippen molar-refractivity contribution >= 4 is 5.91 Å². The number of hydrogen-bond donors (Lipinski definition) is 2. The van der Waals surface area contributed by atoms with Crippen molar-refractivity contribution in [2.75, 3.05) is 39.4 Å². The molecular weight excluding hydrogens is 244 g/mol. The minimum atomic E-state index is -0.869. The van der Waals surface area contributed by atoms with Crippen molar-refractivity contribution in [1.29, 1.82) is 0 Å². The van der Waals surface area contributed by atoms with Crippen LogP contribution in [-0.4, -0.2) is 60.9 Å². The fraction of sp³-hybridized carbons (Fsp3) is 0.929. The van der Waals surface area contributed by atoms with Gasteiger partial charge in [0.15, 0.2) is 0 Å². The summed E-state index contributed by atoms with van der Waals surface area (Å²) in [6.45, 7) is 5.87. The number of carbonyl (C=O) groups excluding carboxylic acids is 1. The van der Waals surface area contributed by atoms with Crippen LogP contribution in [0.25, 0.3) is 0 Å². The minimum absolute atomic E-state index is 0.111. The van der Waals surface area contributed by atoms with Crippen LogP contribution in [0.15, 0.2) is 0 Å². The first-order valence-corrected chi connectivity index (χ1v) is 7.37. The fourth-order valence-corrected chi connectivity index (χ4v) is 2.91. The molecule has 1 aliphatic heterocycles. The highest BCUT2D eigenvalue weighted by molar-refractivity contribution is 5.78. The fourth-order valence-electron chi connectivity index (χ4n) is 2.91. The molecule has 1 unspecified atom stereocenters. The van der Waals surface area contributed by atoms with Crippen LogP contribution < -0.4 is 5.32 Å². The first-order valence-electron chi connectivity index (χ1n) is 7.37. The lowest BCUT2D eigenvalue weighted by molar-refractivity contribution is -0.126. The molecule has 1 aliphatic carbocycles. The van der Waals surface area contributed by atoms with Crippen LogP contribution in [0, 0.1) is 5.92 Å². The van der Waals surface area contributed by atoms with Gasteiger partial charge in [-0.3, -0.25) is 9.69 Å². The van der Waals surface area contributed by atoms with E-state index in [1.807, 2.05) is 0 Å². The molecule has 0 aromatic carbocycles. The molecule has 0 bridgehead atoms. The molecule has 110 valence electrons. The Balaban J connectivity index is 1.71. The Morgan fingerprint density at radius 1 is 1.37 bits per heavy atom. The molecule has 19 heavy (non-hydrogen) atoms. The van der Waals surface area contributed by atoms with E-state index in [9.17, 15) is 9.90 Å². The predicted molar refractivity (Wildman–Crippen MR) is 72.9 cm³/mol. The van der Waals surface area contributed by atoms with E-state index in [2.05, 4.69) is 10.2 Å². The molecule has 2 fully saturated rings. The van der Waals surface area contributed by atoms with Crippen molar-refractivity contribution in [3.63, 3.8) is 0 Å². The van der Waals surface area contributed by atoms with Gasteiger partial charge in [0.25, 0.3) is 0 Å². The van der Waals surface area contributed by atoms with E-state index in [4.69, 9.17) is 4.74 Å². The van der Waals surface area contributed by atoms with E-state index in [1.54, 1.807) is 6.92 Å². The van der Waals surface area contributed by atoms with Crippen molar-refractivity contribution in [1.82, 2.24) is 10.2 Å². The van der Waals surface area contributed by atoms with Gasteiger partial charge in [0.05, 0.1) is 18.8 Å². The predicted octanol–water partition coefficient (Wildman–Crippen LogP) is 0.376. The third-order valence-corrected chi connectivity index (χ3v) is 4.04. The van der Waals surface area contributed by atoms with Crippen molar-refractivity contribution in [3.8, 4) is 0 Å². The summed E-state index contributed by atoms with van der Waals surface area (Å²) in [5.74, 6) is 0.277. The third kappa shape index (κ3) is 4.75. The number of amides is 1. The molecule has 5 heteroatoms. The van der Waals surface area contributed by atoms with Crippen LogP contribution in [-0.2, 0) is 9.53 Å². The van der Waals surface area contributed by atoms with E-state index >= 15 is 0 Å². The quantitative estimate of drug-likeness (QED) is 0.758. The Morgan fingerprint density at radius 3 is 2.63 bits per heavy atom. The third-order valence-electron chi connectivity index (χ3n) is 4.04. The number of morpholine rings is 1. The molecule has 2 N–H and O–H groups in total. The Hall–Kier alpha value is -0.650. The number of ether oxygens (including phenoxy) is 1. The Bertz CT molecular complexity index is 295. The van der Waals surface area contributed by atoms with Crippen molar-refractivity contribution in [2.24, 2.45) is 5.92 Å². The molecule has 0 aromatic heterocycles. The lowest BCUT2D eigenvalue weighted by atomic mass is 10.0. The summed E-state index contributed by atoms with van der Waals surface area (Å²) < 4.78 is 5.29. The van der Waals surface area contributed by atoms with Gasteiger partial charge in [-0.25, -0.2) is 0 Å². The molecule has 1 amide bonds. The van der Waals surface area contributed by atoms with Crippen LogP contribution in [0.5, 0.6) is 0 Å².